The smallest absolute Gasteiger partial charge is 0.227 e. The zero-order valence-electron chi connectivity index (χ0n) is 13.7. The van der Waals surface area contributed by atoms with Gasteiger partial charge in [0.25, 0.3) is 0 Å². The highest BCUT2D eigenvalue weighted by atomic mass is 16.7. The number of para-hydroxylation sites is 1. The molecule has 2 aromatic rings. The molecule has 0 radical (unpaired) electrons. The summed E-state index contributed by atoms with van der Waals surface area (Å²) in [4.78, 5) is 19.2. The second kappa shape index (κ2) is 6.87. The molecule has 2 fully saturated rings. The number of rotatable bonds is 3. The van der Waals surface area contributed by atoms with Gasteiger partial charge in [-0.25, -0.2) is 0 Å². The van der Waals surface area contributed by atoms with E-state index < -0.39 is 0 Å². The summed E-state index contributed by atoms with van der Waals surface area (Å²) in [7, 11) is 0. The lowest BCUT2D eigenvalue weighted by Crippen LogP contribution is -2.44. The van der Waals surface area contributed by atoms with Crippen molar-refractivity contribution in [3.8, 4) is 0 Å². The minimum absolute atomic E-state index is 0.139. The molecular formula is C19H22N2O3. The predicted octanol–water partition coefficient (Wildman–Crippen LogP) is 2.39. The highest BCUT2D eigenvalue weighted by Gasteiger charge is 2.32. The minimum atomic E-state index is -0.139. The molecule has 1 atom stereocenters. The minimum Gasteiger partial charge on any atom is -0.350 e. The third kappa shape index (κ3) is 3.14. The summed E-state index contributed by atoms with van der Waals surface area (Å²) in [6.07, 6.45) is 4.10. The largest absolute Gasteiger partial charge is 0.350 e. The van der Waals surface area contributed by atoms with Gasteiger partial charge in [0.15, 0.2) is 6.29 Å². The van der Waals surface area contributed by atoms with E-state index in [9.17, 15) is 4.79 Å². The van der Waals surface area contributed by atoms with Crippen LogP contribution in [0.3, 0.4) is 0 Å². The molecule has 2 aliphatic heterocycles. The molecule has 1 aromatic carbocycles. The maximum absolute atomic E-state index is 12.8. The van der Waals surface area contributed by atoms with E-state index in [2.05, 4.69) is 4.98 Å². The van der Waals surface area contributed by atoms with Gasteiger partial charge in [-0.15, -0.1) is 0 Å². The average molecular weight is 326 g/mol. The van der Waals surface area contributed by atoms with Gasteiger partial charge in [0.1, 0.15) is 0 Å². The van der Waals surface area contributed by atoms with E-state index in [1.165, 1.54) is 0 Å². The van der Waals surface area contributed by atoms with E-state index in [0.29, 0.717) is 19.6 Å². The molecule has 0 spiro atoms. The summed E-state index contributed by atoms with van der Waals surface area (Å²) in [5, 5.41) is 1.08. The Balaban J connectivity index is 1.47. The first-order valence-electron chi connectivity index (χ1n) is 8.65. The number of fused-ring (bicyclic) bond motifs is 1. The van der Waals surface area contributed by atoms with Crippen LogP contribution in [0.1, 0.15) is 18.4 Å². The molecule has 126 valence electrons. The van der Waals surface area contributed by atoms with Crippen LogP contribution in [-0.2, 0) is 20.7 Å². The van der Waals surface area contributed by atoms with Gasteiger partial charge in [-0.1, -0.05) is 24.3 Å². The van der Waals surface area contributed by atoms with Crippen molar-refractivity contribution in [3.63, 3.8) is 0 Å². The van der Waals surface area contributed by atoms with Crippen molar-refractivity contribution in [2.24, 2.45) is 5.92 Å². The zero-order valence-corrected chi connectivity index (χ0v) is 13.7. The summed E-state index contributed by atoms with van der Waals surface area (Å²) in [6, 6.07) is 9.97. The van der Waals surface area contributed by atoms with Gasteiger partial charge in [-0.2, -0.15) is 0 Å². The lowest BCUT2D eigenvalue weighted by atomic mass is 9.96. The highest BCUT2D eigenvalue weighted by Crippen LogP contribution is 2.26. The number of hydrogen-bond acceptors (Lipinski definition) is 4. The van der Waals surface area contributed by atoms with Gasteiger partial charge in [-0.3, -0.25) is 9.78 Å². The van der Waals surface area contributed by atoms with Gasteiger partial charge < -0.3 is 14.4 Å². The molecule has 0 saturated carbocycles. The molecule has 5 heteroatoms. The third-order valence-electron chi connectivity index (χ3n) is 4.90. The number of piperidine rings is 1. The Morgan fingerprint density at radius 3 is 2.92 bits per heavy atom. The first-order valence-corrected chi connectivity index (χ1v) is 8.65. The first kappa shape index (κ1) is 15.5. The fourth-order valence-electron chi connectivity index (χ4n) is 3.69. The first-order chi connectivity index (χ1) is 11.8. The Labute approximate surface area is 141 Å². The SMILES string of the molecule is O=C(Cc1cccc2cccnc12)N1CCCC(C2OCCO2)C1. The third-order valence-corrected chi connectivity index (χ3v) is 4.90. The summed E-state index contributed by atoms with van der Waals surface area (Å²) in [5.74, 6) is 0.451. The molecule has 0 aliphatic carbocycles. The molecule has 4 rings (SSSR count). The summed E-state index contributed by atoms with van der Waals surface area (Å²) in [6.45, 7) is 2.87. The lowest BCUT2D eigenvalue weighted by molar-refractivity contribution is -0.138. The summed E-state index contributed by atoms with van der Waals surface area (Å²) < 4.78 is 11.3. The van der Waals surface area contributed by atoms with Crippen LogP contribution in [0.2, 0.25) is 0 Å². The van der Waals surface area contributed by atoms with Crippen molar-refractivity contribution >= 4 is 16.8 Å². The number of ether oxygens (including phenoxy) is 2. The van der Waals surface area contributed by atoms with Crippen molar-refractivity contribution in [3.05, 3.63) is 42.1 Å². The number of carbonyl (C=O) groups is 1. The van der Waals surface area contributed by atoms with Crippen molar-refractivity contribution in [1.82, 2.24) is 9.88 Å². The van der Waals surface area contributed by atoms with E-state index in [1.54, 1.807) is 6.20 Å². The van der Waals surface area contributed by atoms with Gasteiger partial charge >= 0.3 is 0 Å². The van der Waals surface area contributed by atoms with E-state index in [1.807, 2.05) is 35.2 Å². The molecule has 1 amide bonds. The van der Waals surface area contributed by atoms with E-state index >= 15 is 0 Å². The van der Waals surface area contributed by atoms with Crippen molar-refractivity contribution < 1.29 is 14.3 Å². The molecule has 1 unspecified atom stereocenters. The lowest BCUT2D eigenvalue weighted by Gasteiger charge is -2.34. The molecule has 24 heavy (non-hydrogen) atoms. The number of nitrogens with zero attached hydrogens (tertiary/aromatic N) is 2. The number of likely N-dealkylation sites (tertiary alicyclic amines) is 1. The number of pyridine rings is 1. The number of carbonyl (C=O) groups excluding carboxylic acids is 1. The molecular weight excluding hydrogens is 304 g/mol. The normalized spacial score (nSPS) is 22.2. The fraction of sp³-hybridized carbons (Fsp3) is 0.474. The predicted molar refractivity (Wildman–Crippen MR) is 90.4 cm³/mol. The van der Waals surface area contributed by atoms with Crippen LogP contribution >= 0.6 is 0 Å². The average Bonchev–Trinajstić information content (AvgIpc) is 3.17. The Bertz CT molecular complexity index is 722. The van der Waals surface area contributed by atoms with Gasteiger partial charge in [0.05, 0.1) is 25.2 Å². The quantitative estimate of drug-likeness (QED) is 0.869. The number of hydrogen-bond donors (Lipinski definition) is 0. The Kier molecular flexibility index (Phi) is 4.45. The van der Waals surface area contributed by atoms with Crippen molar-refractivity contribution in [2.75, 3.05) is 26.3 Å². The van der Waals surface area contributed by atoms with Gasteiger partial charge in [0, 0.05) is 30.6 Å². The standard InChI is InChI=1S/C19H22N2O3/c22-17(12-15-5-1-4-14-6-2-8-20-18(14)15)21-9-3-7-16(13-21)19-23-10-11-24-19/h1-2,4-6,8,16,19H,3,7,9-13H2. The number of aromatic nitrogens is 1. The van der Waals surface area contributed by atoms with E-state index in [0.717, 1.165) is 42.4 Å². The van der Waals surface area contributed by atoms with E-state index in [-0.39, 0.29) is 18.1 Å². The maximum Gasteiger partial charge on any atom is 0.227 e. The van der Waals surface area contributed by atoms with Crippen LogP contribution in [0.15, 0.2) is 36.5 Å². The monoisotopic (exact) mass is 326 g/mol. The summed E-state index contributed by atoms with van der Waals surface area (Å²) in [5.41, 5.74) is 1.91. The van der Waals surface area contributed by atoms with Crippen LogP contribution in [0, 0.1) is 5.92 Å². The van der Waals surface area contributed by atoms with Crippen LogP contribution in [0.4, 0.5) is 0 Å². The molecule has 0 N–H and O–H groups in total. The van der Waals surface area contributed by atoms with Crippen LogP contribution in [-0.4, -0.2) is 48.4 Å². The molecule has 0 bridgehead atoms. The van der Waals surface area contributed by atoms with Crippen LogP contribution < -0.4 is 0 Å². The van der Waals surface area contributed by atoms with Gasteiger partial charge in [-0.05, 0) is 24.5 Å². The molecule has 2 saturated heterocycles. The van der Waals surface area contributed by atoms with Gasteiger partial charge in [0.2, 0.25) is 5.91 Å². The Hall–Kier alpha value is -1.98. The number of benzene rings is 1. The zero-order chi connectivity index (χ0) is 16.4. The Morgan fingerprint density at radius 1 is 1.21 bits per heavy atom. The maximum atomic E-state index is 12.8. The van der Waals surface area contributed by atoms with Crippen molar-refractivity contribution in [2.45, 2.75) is 25.6 Å². The van der Waals surface area contributed by atoms with E-state index in [4.69, 9.17) is 9.47 Å². The highest BCUT2D eigenvalue weighted by molar-refractivity contribution is 5.87. The topological polar surface area (TPSA) is 51.7 Å². The molecule has 3 heterocycles. The fourth-order valence-corrected chi connectivity index (χ4v) is 3.69. The number of amides is 1. The second-order valence-corrected chi connectivity index (χ2v) is 6.52. The Morgan fingerprint density at radius 2 is 2.04 bits per heavy atom. The molecule has 2 aliphatic rings. The van der Waals surface area contributed by atoms with Crippen LogP contribution in [0.25, 0.3) is 10.9 Å². The second-order valence-electron chi connectivity index (χ2n) is 6.52. The van der Waals surface area contributed by atoms with Crippen molar-refractivity contribution in [1.29, 1.82) is 0 Å². The molecule has 1 aromatic heterocycles. The summed E-state index contributed by atoms with van der Waals surface area (Å²) >= 11 is 0. The van der Waals surface area contributed by atoms with Crippen LogP contribution in [0.5, 0.6) is 0 Å². The molecule has 5 nitrogen and oxygen atoms in total.